The summed E-state index contributed by atoms with van der Waals surface area (Å²) in [5.41, 5.74) is 1.67. The Hall–Kier alpha value is -1.39. The first-order valence-electron chi connectivity index (χ1n) is 5.30. The summed E-state index contributed by atoms with van der Waals surface area (Å²) < 4.78 is 15.0. The molecule has 1 heterocycles. The Kier molecular flexibility index (Phi) is 3.76. The Morgan fingerprint density at radius 3 is 3.00 bits per heavy atom. The maximum Gasteiger partial charge on any atom is 0.142 e. The number of nitrogens with one attached hydrogen (secondary N) is 1. The van der Waals surface area contributed by atoms with Crippen LogP contribution >= 0.6 is 11.6 Å². The second-order valence-corrected chi connectivity index (χ2v) is 4.13. The molecule has 1 aromatic heterocycles. The predicted octanol–water partition coefficient (Wildman–Crippen LogP) is 2.44. The number of benzene rings is 1. The summed E-state index contributed by atoms with van der Waals surface area (Å²) in [6.07, 6.45) is 1.86. The number of halogens is 2. The van der Waals surface area contributed by atoms with Crippen molar-refractivity contribution in [3.8, 4) is 0 Å². The summed E-state index contributed by atoms with van der Waals surface area (Å²) >= 11 is 5.88. The third kappa shape index (κ3) is 2.84. The van der Waals surface area contributed by atoms with E-state index in [-0.39, 0.29) is 5.02 Å². The zero-order chi connectivity index (χ0) is 12.3. The van der Waals surface area contributed by atoms with Crippen molar-refractivity contribution in [3.63, 3.8) is 0 Å². The van der Waals surface area contributed by atoms with Crippen LogP contribution in [0, 0.1) is 5.82 Å². The number of aromatic nitrogens is 2. The van der Waals surface area contributed by atoms with Gasteiger partial charge in [-0.05, 0) is 24.7 Å². The Labute approximate surface area is 104 Å². The van der Waals surface area contributed by atoms with Gasteiger partial charge in [0.25, 0.3) is 0 Å². The van der Waals surface area contributed by atoms with Gasteiger partial charge in [-0.1, -0.05) is 23.7 Å². The molecular formula is C12H13ClFN3. The van der Waals surface area contributed by atoms with Crippen molar-refractivity contribution >= 4 is 11.6 Å². The highest BCUT2D eigenvalue weighted by atomic mass is 35.5. The van der Waals surface area contributed by atoms with Gasteiger partial charge in [0.15, 0.2) is 0 Å². The van der Waals surface area contributed by atoms with E-state index in [1.807, 2.05) is 19.3 Å². The van der Waals surface area contributed by atoms with Gasteiger partial charge in [0.1, 0.15) is 5.82 Å². The van der Waals surface area contributed by atoms with Crippen molar-refractivity contribution in [2.45, 2.75) is 13.1 Å². The minimum Gasteiger partial charge on any atom is -0.314 e. The highest BCUT2D eigenvalue weighted by molar-refractivity contribution is 6.31. The molecule has 0 saturated carbocycles. The molecule has 17 heavy (non-hydrogen) atoms. The van der Waals surface area contributed by atoms with E-state index in [0.29, 0.717) is 13.1 Å². The summed E-state index contributed by atoms with van der Waals surface area (Å²) in [5.74, 6) is -0.397. The van der Waals surface area contributed by atoms with E-state index in [4.69, 9.17) is 11.6 Å². The van der Waals surface area contributed by atoms with Gasteiger partial charge < -0.3 is 5.32 Å². The van der Waals surface area contributed by atoms with E-state index >= 15 is 0 Å². The van der Waals surface area contributed by atoms with Crippen molar-refractivity contribution in [3.05, 3.63) is 52.6 Å². The molecular weight excluding hydrogens is 241 g/mol. The van der Waals surface area contributed by atoms with E-state index in [1.54, 1.807) is 16.8 Å². The first-order chi connectivity index (χ1) is 8.20. The zero-order valence-corrected chi connectivity index (χ0v) is 10.2. The second-order valence-electron chi connectivity index (χ2n) is 3.75. The van der Waals surface area contributed by atoms with Gasteiger partial charge >= 0.3 is 0 Å². The lowest BCUT2D eigenvalue weighted by Gasteiger charge is -2.05. The first-order valence-corrected chi connectivity index (χ1v) is 5.68. The molecule has 5 heteroatoms. The molecule has 0 unspecified atom stereocenters. The van der Waals surface area contributed by atoms with Crippen LogP contribution in [0.4, 0.5) is 4.39 Å². The normalized spacial score (nSPS) is 10.8. The van der Waals surface area contributed by atoms with Crippen LogP contribution in [0.2, 0.25) is 5.02 Å². The SMILES string of the molecule is CNCc1ccn(Cc2cccc(F)c2Cl)n1. The summed E-state index contributed by atoms with van der Waals surface area (Å²) in [6, 6.07) is 6.71. The molecule has 3 nitrogen and oxygen atoms in total. The van der Waals surface area contributed by atoms with E-state index < -0.39 is 5.82 Å². The minimum absolute atomic E-state index is 0.165. The zero-order valence-electron chi connectivity index (χ0n) is 9.45. The first kappa shape index (κ1) is 12.1. The Bertz CT molecular complexity index is 510. The minimum atomic E-state index is -0.397. The molecule has 90 valence electrons. The topological polar surface area (TPSA) is 29.9 Å². The van der Waals surface area contributed by atoms with Gasteiger partial charge in [-0.2, -0.15) is 5.10 Å². The number of rotatable bonds is 4. The fourth-order valence-electron chi connectivity index (χ4n) is 1.61. The lowest BCUT2D eigenvalue weighted by Crippen LogP contribution is -2.07. The third-order valence-electron chi connectivity index (χ3n) is 2.42. The Morgan fingerprint density at radius 1 is 1.41 bits per heavy atom. The molecule has 0 spiro atoms. The van der Waals surface area contributed by atoms with Crippen LogP contribution in [0.3, 0.4) is 0 Å². The molecule has 0 fully saturated rings. The Morgan fingerprint density at radius 2 is 2.24 bits per heavy atom. The molecule has 0 atom stereocenters. The van der Waals surface area contributed by atoms with E-state index in [1.165, 1.54) is 6.07 Å². The van der Waals surface area contributed by atoms with Crippen LogP contribution in [0.25, 0.3) is 0 Å². The fourth-order valence-corrected chi connectivity index (χ4v) is 1.80. The quantitative estimate of drug-likeness (QED) is 0.907. The van der Waals surface area contributed by atoms with Crippen LogP contribution in [-0.4, -0.2) is 16.8 Å². The molecule has 2 rings (SSSR count). The maximum absolute atomic E-state index is 13.2. The van der Waals surface area contributed by atoms with Crippen LogP contribution in [0.1, 0.15) is 11.3 Å². The molecule has 0 aliphatic carbocycles. The van der Waals surface area contributed by atoms with Gasteiger partial charge in [-0.15, -0.1) is 0 Å². The molecule has 0 saturated heterocycles. The summed E-state index contributed by atoms with van der Waals surface area (Å²) in [4.78, 5) is 0. The monoisotopic (exact) mass is 253 g/mol. The highest BCUT2D eigenvalue weighted by Crippen LogP contribution is 2.20. The predicted molar refractivity (Wildman–Crippen MR) is 65.5 cm³/mol. The van der Waals surface area contributed by atoms with E-state index in [0.717, 1.165) is 11.3 Å². The van der Waals surface area contributed by atoms with Gasteiger partial charge in [0.2, 0.25) is 0 Å². The molecule has 1 N–H and O–H groups in total. The lowest BCUT2D eigenvalue weighted by molar-refractivity contribution is 0.617. The van der Waals surface area contributed by atoms with Crippen molar-refractivity contribution in [1.82, 2.24) is 15.1 Å². The van der Waals surface area contributed by atoms with Crippen molar-refractivity contribution in [2.75, 3.05) is 7.05 Å². The van der Waals surface area contributed by atoms with E-state index in [2.05, 4.69) is 10.4 Å². The number of hydrogen-bond acceptors (Lipinski definition) is 2. The van der Waals surface area contributed by atoms with Gasteiger partial charge in [-0.3, -0.25) is 4.68 Å². The largest absolute Gasteiger partial charge is 0.314 e. The Balaban J connectivity index is 2.16. The molecule has 0 bridgehead atoms. The lowest BCUT2D eigenvalue weighted by atomic mass is 10.2. The summed E-state index contributed by atoms with van der Waals surface area (Å²) in [7, 11) is 1.86. The maximum atomic E-state index is 13.2. The standard InChI is InChI=1S/C12H13ClFN3/c1-15-7-10-5-6-17(16-10)8-9-3-2-4-11(14)12(9)13/h2-6,15H,7-8H2,1H3. The van der Waals surface area contributed by atoms with Gasteiger partial charge in [-0.25, -0.2) is 4.39 Å². The highest BCUT2D eigenvalue weighted by Gasteiger charge is 2.06. The second kappa shape index (κ2) is 5.29. The van der Waals surface area contributed by atoms with Crippen LogP contribution in [-0.2, 0) is 13.1 Å². The summed E-state index contributed by atoms with van der Waals surface area (Å²) in [6.45, 7) is 1.18. The van der Waals surface area contributed by atoms with Crippen LogP contribution in [0.15, 0.2) is 30.5 Å². The van der Waals surface area contributed by atoms with Crippen molar-refractivity contribution in [1.29, 1.82) is 0 Å². The van der Waals surface area contributed by atoms with Crippen LogP contribution in [0.5, 0.6) is 0 Å². The molecule has 0 amide bonds. The molecule has 0 aliphatic heterocycles. The molecule has 2 aromatic rings. The average molecular weight is 254 g/mol. The number of nitrogens with zero attached hydrogens (tertiary/aromatic N) is 2. The van der Waals surface area contributed by atoms with Gasteiger partial charge in [0, 0.05) is 12.7 Å². The summed E-state index contributed by atoms with van der Waals surface area (Å²) in [5, 5.41) is 7.52. The van der Waals surface area contributed by atoms with Gasteiger partial charge in [0.05, 0.1) is 17.3 Å². The third-order valence-corrected chi connectivity index (χ3v) is 2.84. The van der Waals surface area contributed by atoms with Crippen molar-refractivity contribution in [2.24, 2.45) is 0 Å². The fraction of sp³-hybridized carbons (Fsp3) is 0.250. The van der Waals surface area contributed by atoms with Crippen LogP contribution < -0.4 is 5.32 Å². The smallest absolute Gasteiger partial charge is 0.142 e. The van der Waals surface area contributed by atoms with Crippen molar-refractivity contribution < 1.29 is 4.39 Å². The number of hydrogen-bond donors (Lipinski definition) is 1. The van der Waals surface area contributed by atoms with E-state index in [9.17, 15) is 4.39 Å². The molecule has 0 radical (unpaired) electrons. The average Bonchev–Trinajstić information content (AvgIpc) is 2.73. The molecule has 1 aromatic carbocycles. The molecule has 0 aliphatic rings.